The minimum Gasteiger partial charge on any atom is -0.379 e. The molecule has 0 aromatic heterocycles. The lowest BCUT2D eigenvalue weighted by Gasteiger charge is -2.45. The summed E-state index contributed by atoms with van der Waals surface area (Å²) in [7, 11) is -4.73. The Kier molecular flexibility index (Phi) is 13.6. The third-order valence-corrected chi connectivity index (χ3v) is 5.93. The second kappa shape index (κ2) is 14.7. The van der Waals surface area contributed by atoms with Gasteiger partial charge in [-0.1, -0.05) is 40.0 Å². The Morgan fingerprint density at radius 3 is 1.88 bits per heavy atom. The van der Waals surface area contributed by atoms with Crippen molar-refractivity contribution in [1.82, 2.24) is 0 Å². The van der Waals surface area contributed by atoms with Crippen molar-refractivity contribution in [1.29, 1.82) is 0 Å². The molecule has 0 N–H and O–H groups in total. The standard InChI is InChI=1S/C20H37F3O8S/c1-5-8-11-27-14-15-16(28-12-9-6-2)17(29-13-10-7-3)18(19(26-4)30-15)31-32(24,25)20(21,22)23/h15-19H,5-14H2,1-4H3/t15-,16+,17+,18-,19-/m1/s1. The fraction of sp³-hybridized carbons (Fsp3) is 1.00. The van der Waals surface area contributed by atoms with E-state index in [4.69, 9.17) is 23.7 Å². The molecule has 0 radical (unpaired) electrons. The highest BCUT2D eigenvalue weighted by Gasteiger charge is 2.55. The van der Waals surface area contributed by atoms with Crippen molar-refractivity contribution in [3.05, 3.63) is 0 Å². The molecule has 1 aliphatic heterocycles. The molecule has 192 valence electrons. The summed E-state index contributed by atoms with van der Waals surface area (Å²) in [6.07, 6.45) is -1.28. The number of unbranched alkanes of at least 4 members (excludes halogenated alkanes) is 3. The number of methoxy groups -OCH3 is 1. The Morgan fingerprint density at radius 2 is 1.38 bits per heavy atom. The van der Waals surface area contributed by atoms with Crippen molar-refractivity contribution in [2.75, 3.05) is 33.5 Å². The Balaban J connectivity index is 3.20. The number of halogens is 3. The predicted molar refractivity (Wildman–Crippen MR) is 111 cm³/mol. The average molecular weight is 495 g/mol. The molecule has 1 fully saturated rings. The van der Waals surface area contributed by atoms with E-state index >= 15 is 0 Å². The summed E-state index contributed by atoms with van der Waals surface area (Å²) in [5.74, 6) is 0. The summed E-state index contributed by atoms with van der Waals surface area (Å²) >= 11 is 0. The zero-order valence-electron chi connectivity index (χ0n) is 19.3. The molecule has 0 aliphatic carbocycles. The highest BCUT2D eigenvalue weighted by molar-refractivity contribution is 7.87. The fourth-order valence-corrected chi connectivity index (χ4v) is 3.67. The van der Waals surface area contributed by atoms with E-state index in [-0.39, 0.29) is 13.2 Å². The van der Waals surface area contributed by atoms with Crippen molar-refractivity contribution >= 4 is 10.1 Å². The Labute approximate surface area is 189 Å². The topological polar surface area (TPSA) is 89.5 Å². The first-order valence-electron chi connectivity index (χ1n) is 11.1. The minimum absolute atomic E-state index is 0.0863. The number of hydrogen-bond acceptors (Lipinski definition) is 8. The van der Waals surface area contributed by atoms with E-state index < -0.39 is 46.3 Å². The molecule has 1 aliphatic rings. The lowest BCUT2D eigenvalue weighted by Crippen LogP contribution is -2.62. The van der Waals surface area contributed by atoms with Crippen LogP contribution in [0.1, 0.15) is 59.3 Å². The normalized spacial score (nSPS) is 27.0. The number of rotatable bonds is 16. The smallest absolute Gasteiger partial charge is 0.379 e. The van der Waals surface area contributed by atoms with Crippen LogP contribution in [0.25, 0.3) is 0 Å². The summed E-state index contributed by atoms with van der Waals surface area (Å²) in [6.45, 7) is 6.93. The molecular formula is C20H37F3O8S. The van der Waals surface area contributed by atoms with Gasteiger partial charge >= 0.3 is 15.6 Å². The molecule has 0 unspecified atom stereocenters. The summed E-state index contributed by atoms with van der Waals surface area (Å²) in [6, 6.07) is 0. The summed E-state index contributed by atoms with van der Waals surface area (Å²) in [4.78, 5) is 0. The van der Waals surface area contributed by atoms with Gasteiger partial charge in [-0.3, -0.25) is 4.18 Å². The third kappa shape index (κ3) is 9.03. The highest BCUT2D eigenvalue weighted by Crippen LogP contribution is 2.34. The Bertz CT molecular complexity index is 602. The predicted octanol–water partition coefficient (Wildman–Crippen LogP) is 3.78. The number of hydrogen-bond donors (Lipinski definition) is 0. The number of alkyl halides is 3. The average Bonchev–Trinajstić information content (AvgIpc) is 2.73. The van der Waals surface area contributed by atoms with E-state index in [9.17, 15) is 21.6 Å². The van der Waals surface area contributed by atoms with Crippen LogP contribution in [-0.4, -0.2) is 78.2 Å². The van der Waals surface area contributed by atoms with E-state index in [1.165, 1.54) is 7.11 Å². The fourth-order valence-electron chi connectivity index (χ4n) is 3.07. The van der Waals surface area contributed by atoms with E-state index in [0.717, 1.165) is 25.7 Å². The summed E-state index contributed by atoms with van der Waals surface area (Å²) in [5.41, 5.74) is -5.60. The minimum atomic E-state index is -5.92. The monoisotopic (exact) mass is 494 g/mol. The van der Waals surface area contributed by atoms with Crippen LogP contribution in [0, 0.1) is 0 Å². The largest absolute Gasteiger partial charge is 0.523 e. The van der Waals surface area contributed by atoms with Crippen LogP contribution in [0.15, 0.2) is 0 Å². The third-order valence-electron chi connectivity index (χ3n) is 4.89. The van der Waals surface area contributed by atoms with Crippen LogP contribution in [0.2, 0.25) is 0 Å². The van der Waals surface area contributed by atoms with Crippen LogP contribution in [0.3, 0.4) is 0 Å². The zero-order chi connectivity index (χ0) is 24.2. The first-order valence-corrected chi connectivity index (χ1v) is 12.5. The highest BCUT2D eigenvalue weighted by atomic mass is 32.2. The van der Waals surface area contributed by atoms with Gasteiger partial charge in [0, 0.05) is 26.9 Å². The van der Waals surface area contributed by atoms with Crippen molar-refractivity contribution in [2.24, 2.45) is 0 Å². The van der Waals surface area contributed by atoms with E-state index in [2.05, 4.69) is 4.18 Å². The molecule has 32 heavy (non-hydrogen) atoms. The zero-order valence-corrected chi connectivity index (χ0v) is 20.1. The molecule has 1 heterocycles. The van der Waals surface area contributed by atoms with Gasteiger partial charge in [-0.2, -0.15) is 21.6 Å². The van der Waals surface area contributed by atoms with Crippen molar-refractivity contribution in [2.45, 2.75) is 95.5 Å². The maximum atomic E-state index is 13.0. The van der Waals surface area contributed by atoms with E-state index in [0.29, 0.717) is 26.1 Å². The SMILES string of the molecule is CCCCOC[C@H]1O[C@@H](OC)[C@H](OS(=O)(=O)C(F)(F)F)[C@@H](OCCCC)[C@H]1OCCCC. The molecule has 0 amide bonds. The van der Waals surface area contributed by atoms with Crippen LogP contribution in [-0.2, 0) is 38.0 Å². The van der Waals surface area contributed by atoms with Crippen molar-refractivity contribution in [3.63, 3.8) is 0 Å². The first-order chi connectivity index (χ1) is 15.1. The summed E-state index contributed by atoms with van der Waals surface area (Å²) < 4.78 is 95.5. The van der Waals surface area contributed by atoms with E-state index in [1.807, 2.05) is 20.8 Å². The number of ether oxygens (including phenoxy) is 5. The second-order valence-corrected chi connectivity index (χ2v) is 9.11. The van der Waals surface area contributed by atoms with Crippen LogP contribution in [0.4, 0.5) is 13.2 Å². The van der Waals surface area contributed by atoms with E-state index in [1.54, 1.807) is 0 Å². The first kappa shape index (κ1) is 29.5. The Hall–Kier alpha value is -0.500. The maximum absolute atomic E-state index is 13.0. The molecule has 0 spiro atoms. The van der Waals surface area contributed by atoms with Gasteiger partial charge in [-0.25, -0.2) is 0 Å². The molecule has 12 heteroatoms. The molecule has 0 bridgehead atoms. The van der Waals surface area contributed by atoms with Crippen LogP contribution < -0.4 is 0 Å². The molecule has 1 saturated heterocycles. The van der Waals surface area contributed by atoms with Gasteiger partial charge in [-0.05, 0) is 19.3 Å². The van der Waals surface area contributed by atoms with Gasteiger partial charge in [0.05, 0.1) is 6.61 Å². The Morgan fingerprint density at radius 1 is 0.844 bits per heavy atom. The van der Waals surface area contributed by atoms with Crippen molar-refractivity contribution < 1.29 is 49.5 Å². The van der Waals surface area contributed by atoms with Crippen LogP contribution >= 0.6 is 0 Å². The second-order valence-electron chi connectivity index (χ2n) is 7.55. The van der Waals surface area contributed by atoms with Crippen molar-refractivity contribution in [3.8, 4) is 0 Å². The molecule has 0 aromatic rings. The molecule has 0 aromatic carbocycles. The molecule has 8 nitrogen and oxygen atoms in total. The lowest BCUT2D eigenvalue weighted by atomic mass is 9.98. The quantitative estimate of drug-likeness (QED) is 0.182. The molecular weight excluding hydrogens is 457 g/mol. The van der Waals surface area contributed by atoms with Gasteiger partial charge in [0.15, 0.2) is 12.4 Å². The van der Waals surface area contributed by atoms with Gasteiger partial charge in [-0.15, -0.1) is 0 Å². The summed E-state index contributed by atoms with van der Waals surface area (Å²) in [5, 5.41) is 0. The lowest BCUT2D eigenvalue weighted by molar-refractivity contribution is -0.305. The molecule has 0 saturated carbocycles. The molecule has 5 atom stereocenters. The molecule has 1 rings (SSSR count). The van der Waals surface area contributed by atoms with Gasteiger partial charge < -0.3 is 23.7 Å². The van der Waals surface area contributed by atoms with Crippen LogP contribution in [0.5, 0.6) is 0 Å². The van der Waals surface area contributed by atoms with Gasteiger partial charge in [0.25, 0.3) is 0 Å². The van der Waals surface area contributed by atoms with Gasteiger partial charge in [0.2, 0.25) is 0 Å². The maximum Gasteiger partial charge on any atom is 0.523 e. The van der Waals surface area contributed by atoms with Gasteiger partial charge in [0.1, 0.15) is 18.3 Å².